The quantitative estimate of drug-likeness (QED) is 0.514. The van der Waals surface area contributed by atoms with Gasteiger partial charge in [-0.15, -0.1) is 0 Å². The van der Waals surface area contributed by atoms with Crippen molar-refractivity contribution in [2.45, 2.75) is 31.6 Å². The van der Waals surface area contributed by atoms with Crippen LogP contribution in [0.2, 0.25) is 0 Å². The third-order valence-corrected chi connectivity index (χ3v) is 6.40. The van der Waals surface area contributed by atoms with Gasteiger partial charge in [-0.2, -0.15) is 0 Å². The molecule has 6 heteroatoms. The maximum Gasteiger partial charge on any atom is 0.317 e. The number of carbonyl (C=O) groups excluding carboxylic acids is 1. The van der Waals surface area contributed by atoms with E-state index in [1.807, 2.05) is 17.2 Å². The maximum absolute atomic E-state index is 13.4. The molecule has 0 aliphatic carbocycles. The zero-order chi connectivity index (χ0) is 23.0. The number of nitrogens with one attached hydrogen (secondary N) is 1. The van der Waals surface area contributed by atoms with E-state index in [0.717, 1.165) is 43.5 Å². The Kier molecular flexibility index (Phi) is 7.66. The zero-order valence-corrected chi connectivity index (χ0v) is 18.6. The van der Waals surface area contributed by atoms with E-state index in [9.17, 15) is 13.6 Å². The number of rotatable bonds is 7. The summed E-state index contributed by atoms with van der Waals surface area (Å²) >= 11 is 0. The van der Waals surface area contributed by atoms with Crippen molar-refractivity contribution in [2.75, 3.05) is 19.6 Å². The number of urea groups is 1. The number of hydrogen-bond donors (Lipinski definition) is 1. The molecule has 4 nitrogen and oxygen atoms in total. The van der Waals surface area contributed by atoms with Crippen molar-refractivity contribution in [1.29, 1.82) is 0 Å². The SMILES string of the molecule is O=C(NCCC(c1ccc(F)cc1)c1ccc(F)cc1)N1CCC(Cc2cccnc2)CC1. The highest BCUT2D eigenvalue weighted by Crippen LogP contribution is 2.28. The number of nitrogens with zero attached hydrogens (tertiary/aromatic N) is 2. The molecule has 172 valence electrons. The van der Waals surface area contributed by atoms with Gasteiger partial charge in [-0.05, 0) is 78.6 Å². The molecule has 0 radical (unpaired) electrons. The van der Waals surface area contributed by atoms with Crippen LogP contribution in [0.4, 0.5) is 13.6 Å². The molecule has 3 aromatic rings. The average Bonchev–Trinajstić information content (AvgIpc) is 2.84. The summed E-state index contributed by atoms with van der Waals surface area (Å²) in [5.74, 6) is -0.0787. The van der Waals surface area contributed by atoms with Crippen LogP contribution in [-0.4, -0.2) is 35.5 Å². The van der Waals surface area contributed by atoms with Crippen LogP contribution in [0.3, 0.4) is 0 Å². The number of likely N-dealkylation sites (tertiary alicyclic amines) is 1. The van der Waals surface area contributed by atoms with Gasteiger partial charge in [0.05, 0.1) is 0 Å². The van der Waals surface area contributed by atoms with Crippen molar-refractivity contribution < 1.29 is 13.6 Å². The number of carbonyl (C=O) groups is 1. The Bertz CT molecular complexity index is 972. The third-order valence-electron chi connectivity index (χ3n) is 6.40. The minimum absolute atomic E-state index is 0.0493. The van der Waals surface area contributed by atoms with Crippen molar-refractivity contribution in [3.8, 4) is 0 Å². The lowest BCUT2D eigenvalue weighted by Gasteiger charge is -2.32. The van der Waals surface area contributed by atoms with E-state index in [2.05, 4.69) is 16.4 Å². The summed E-state index contributed by atoms with van der Waals surface area (Å²) in [6.07, 6.45) is 7.30. The molecule has 1 aromatic heterocycles. The lowest BCUT2D eigenvalue weighted by atomic mass is 9.88. The summed E-state index contributed by atoms with van der Waals surface area (Å²) in [4.78, 5) is 18.8. The minimum atomic E-state index is -0.295. The topological polar surface area (TPSA) is 45.2 Å². The van der Waals surface area contributed by atoms with Gasteiger partial charge in [0.2, 0.25) is 0 Å². The first-order valence-electron chi connectivity index (χ1n) is 11.5. The standard InChI is InChI=1S/C27H29F2N3O/c28-24-7-3-22(4-8-24)26(23-5-9-25(29)10-6-23)11-15-31-27(33)32-16-12-20(13-17-32)18-21-2-1-14-30-19-21/h1-10,14,19-20,26H,11-13,15-18H2,(H,31,33). The molecular weight excluding hydrogens is 420 g/mol. The minimum Gasteiger partial charge on any atom is -0.338 e. The van der Waals surface area contributed by atoms with Crippen molar-refractivity contribution in [3.05, 3.63) is 101 Å². The number of aromatic nitrogens is 1. The largest absolute Gasteiger partial charge is 0.338 e. The van der Waals surface area contributed by atoms with Gasteiger partial charge in [0.1, 0.15) is 11.6 Å². The zero-order valence-electron chi connectivity index (χ0n) is 18.6. The molecule has 1 saturated heterocycles. The normalized spacial score (nSPS) is 14.5. The van der Waals surface area contributed by atoms with E-state index >= 15 is 0 Å². The van der Waals surface area contributed by atoms with Crippen LogP contribution in [0.15, 0.2) is 73.1 Å². The molecule has 4 rings (SSSR count). The average molecular weight is 450 g/mol. The van der Waals surface area contributed by atoms with Gasteiger partial charge >= 0.3 is 6.03 Å². The van der Waals surface area contributed by atoms with Crippen LogP contribution in [0, 0.1) is 17.6 Å². The smallest absolute Gasteiger partial charge is 0.317 e. The highest BCUT2D eigenvalue weighted by molar-refractivity contribution is 5.74. The van der Waals surface area contributed by atoms with E-state index in [1.165, 1.54) is 29.8 Å². The fraction of sp³-hybridized carbons (Fsp3) is 0.333. The second-order valence-electron chi connectivity index (χ2n) is 8.67. The first kappa shape index (κ1) is 22.9. The summed E-state index contributed by atoms with van der Waals surface area (Å²) in [6.45, 7) is 1.97. The van der Waals surface area contributed by atoms with Crippen LogP contribution in [-0.2, 0) is 6.42 Å². The molecule has 1 fully saturated rings. The Labute approximate surface area is 193 Å². The van der Waals surface area contributed by atoms with Gasteiger partial charge < -0.3 is 10.2 Å². The number of piperidine rings is 1. The molecular formula is C27H29F2N3O. The summed E-state index contributed by atoms with van der Waals surface area (Å²) in [5.41, 5.74) is 3.12. The Hall–Kier alpha value is -3.28. The predicted octanol–water partition coefficient (Wildman–Crippen LogP) is 5.55. The number of amides is 2. The van der Waals surface area contributed by atoms with Crippen molar-refractivity contribution in [1.82, 2.24) is 15.2 Å². The molecule has 2 amide bonds. The van der Waals surface area contributed by atoms with E-state index in [-0.39, 0.29) is 23.6 Å². The fourth-order valence-corrected chi connectivity index (χ4v) is 4.54. The number of hydrogen-bond acceptors (Lipinski definition) is 2. The van der Waals surface area contributed by atoms with Gasteiger partial charge in [0, 0.05) is 37.9 Å². The summed E-state index contributed by atoms with van der Waals surface area (Å²) in [6, 6.07) is 16.7. The molecule has 2 heterocycles. The summed E-state index contributed by atoms with van der Waals surface area (Å²) < 4.78 is 26.8. The molecule has 0 unspecified atom stereocenters. The van der Waals surface area contributed by atoms with E-state index in [0.29, 0.717) is 18.9 Å². The lowest BCUT2D eigenvalue weighted by molar-refractivity contribution is 0.170. The molecule has 0 saturated carbocycles. The second kappa shape index (κ2) is 11.0. The Morgan fingerprint density at radius 3 is 2.12 bits per heavy atom. The molecule has 0 atom stereocenters. The van der Waals surface area contributed by atoms with E-state index < -0.39 is 0 Å². The second-order valence-corrected chi connectivity index (χ2v) is 8.67. The molecule has 33 heavy (non-hydrogen) atoms. The maximum atomic E-state index is 13.4. The number of halogens is 2. The van der Waals surface area contributed by atoms with E-state index in [1.54, 1.807) is 30.5 Å². The predicted molar refractivity (Wildman–Crippen MR) is 125 cm³/mol. The third kappa shape index (κ3) is 6.37. The van der Waals surface area contributed by atoms with Gasteiger partial charge in [-0.1, -0.05) is 30.3 Å². The molecule has 0 spiro atoms. The lowest BCUT2D eigenvalue weighted by Crippen LogP contribution is -2.45. The number of pyridine rings is 1. The Balaban J connectivity index is 1.29. The number of benzene rings is 2. The van der Waals surface area contributed by atoms with Crippen molar-refractivity contribution >= 4 is 6.03 Å². The van der Waals surface area contributed by atoms with Gasteiger partial charge in [0.25, 0.3) is 0 Å². The summed E-state index contributed by atoms with van der Waals surface area (Å²) in [7, 11) is 0. The van der Waals surface area contributed by atoms with Gasteiger partial charge in [-0.25, -0.2) is 13.6 Å². The van der Waals surface area contributed by atoms with E-state index in [4.69, 9.17) is 0 Å². The first-order valence-corrected chi connectivity index (χ1v) is 11.5. The van der Waals surface area contributed by atoms with Gasteiger partial charge in [-0.3, -0.25) is 4.98 Å². The molecule has 0 bridgehead atoms. The molecule has 1 N–H and O–H groups in total. The van der Waals surface area contributed by atoms with Gasteiger partial charge in [0.15, 0.2) is 0 Å². The van der Waals surface area contributed by atoms with Crippen molar-refractivity contribution in [2.24, 2.45) is 5.92 Å². The molecule has 1 aliphatic rings. The van der Waals surface area contributed by atoms with Crippen LogP contribution < -0.4 is 5.32 Å². The van der Waals surface area contributed by atoms with Crippen LogP contribution in [0.25, 0.3) is 0 Å². The molecule has 1 aliphatic heterocycles. The highest BCUT2D eigenvalue weighted by atomic mass is 19.1. The highest BCUT2D eigenvalue weighted by Gasteiger charge is 2.23. The van der Waals surface area contributed by atoms with Crippen molar-refractivity contribution in [3.63, 3.8) is 0 Å². The Morgan fingerprint density at radius 2 is 1.58 bits per heavy atom. The van der Waals surface area contributed by atoms with Crippen LogP contribution >= 0.6 is 0 Å². The summed E-state index contributed by atoms with van der Waals surface area (Å²) in [5, 5.41) is 3.04. The monoisotopic (exact) mass is 449 g/mol. The fourth-order valence-electron chi connectivity index (χ4n) is 4.54. The van der Waals surface area contributed by atoms with Crippen LogP contribution in [0.1, 0.15) is 41.9 Å². The Morgan fingerprint density at radius 1 is 0.970 bits per heavy atom. The first-order chi connectivity index (χ1) is 16.1. The van der Waals surface area contributed by atoms with Crippen LogP contribution in [0.5, 0.6) is 0 Å². The molecule has 2 aromatic carbocycles.